The van der Waals surface area contributed by atoms with Gasteiger partial charge in [-0.1, -0.05) is 19.8 Å². The minimum Gasteiger partial charge on any atom is -0.299 e. The molecule has 0 aliphatic carbocycles. The second-order valence-corrected chi connectivity index (χ2v) is 2.59. The Morgan fingerprint density at radius 3 is 2.60 bits per heavy atom. The summed E-state index contributed by atoms with van der Waals surface area (Å²) in [5.41, 5.74) is 0. The molecule has 0 spiro atoms. The van der Waals surface area contributed by atoms with E-state index in [0.717, 1.165) is 6.54 Å². The average Bonchev–Trinajstić information content (AvgIpc) is 1.89. The molecule has 0 amide bonds. The molecule has 0 fully saturated rings. The molecule has 59 valence electrons. The lowest BCUT2D eigenvalue weighted by molar-refractivity contribution is 0.360. The molecule has 0 unspecified atom stereocenters. The fourth-order valence-corrected chi connectivity index (χ4v) is 0.821. The van der Waals surface area contributed by atoms with E-state index in [2.05, 4.69) is 6.92 Å². The summed E-state index contributed by atoms with van der Waals surface area (Å²) in [6.07, 6.45) is 5.55. The molecule has 0 N–H and O–H groups in total. The van der Waals surface area contributed by atoms with Crippen LogP contribution in [0.25, 0.3) is 0 Å². The Bertz CT molecular complexity index is 83.3. The first-order valence-corrected chi connectivity index (χ1v) is 3.84. The third-order valence-corrected chi connectivity index (χ3v) is 1.48. The fourth-order valence-electron chi connectivity index (χ4n) is 0.821. The first-order chi connectivity index (χ1) is 4.81. The highest BCUT2D eigenvalue weighted by atomic mass is 16.1. The van der Waals surface area contributed by atoms with Gasteiger partial charge < -0.3 is 0 Å². The molecule has 0 aromatic rings. The molecule has 0 saturated carbocycles. The van der Waals surface area contributed by atoms with E-state index in [1.54, 1.807) is 0 Å². The quantitative estimate of drug-likeness (QED) is 0.520. The number of hydrogen-bond donors (Lipinski definition) is 0. The van der Waals surface area contributed by atoms with Crippen molar-refractivity contribution in [1.29, 1.82) is 0 Å². The maximum absolute atomic E-state index is 9.88. The number of rotatable bonds is 6. The smallest absolute Gasteiger partial charge is 0.213 e. The van der Waals surface area contributed by atoms with Crippen LogP contribution in [-0.4, -0.2) is 31.3 Å². The SMILES string of the molecule is CCCCCN(C)C[C]=O. The highest BCUT2D eigenvalue weighted by molar-refractivity contribution is 5.52. The van der Waals surface area contributed by atoms with Gasteiger partial charge in [0.25, 0.3) is 0 Å². The zero-order valence-electron chi connectivity index (χ0n) is 6.89. The largest absolute Gasteiger partial charge is 0.299 e. The van der Waals surface area contributed by atoms with Crippen molar-refractivity contribution in [3.8, 4) is 0 Å². The van der Waals surface area contributed by atoms with Crippen LogP contribution in [0.2, 0.25) is 0 Å². The number of unbranched alkanes of at least 4 members (excludes halogenated alkanes) is 2. The number of carbonyl (C=O) groups excluding carboxylic acids is 1. The van der Waals surface area contributed by atoms with Crippen LogP contribution in [0.15, 0.2) is 0 Å². The lowest BCUT2D eigenvalue weighted by Gasteiger charge is -2.10. The molecule has 0 rings (SSSR count). The predicted octanol–water partition coefficient (Wildman–Crippen LogP) is 1.22. The predicted molar refractivity (Wildman–Crippen MR) is 42.7 cm³/mol. The Morgan fingerprint density at radius 2 is 2.10 bits per heavy atom. The summed E-state index contributed by atoms with van der Waals surface area (Å²) in [6.45, 7) is 3.64. The van der Waals surface area contributed by atoms with Gasteiger partial charge in [-0.25, -0.2) is 0 Å². The lowest BCUT2D eigenvalue weighted by atomic mass is 10.2. The molecule has 2 heteroatoms. The molecule has 0 aliphatic heterocycles. The summed E-state index contributed by atoms with van der Waals surface area (Å²) < 4.78 is 0. The molecule has 1 radical (unpaired) electrons. The summed E-state index contributed by atoms with van der Waals surface area (Å²) in [7, 11) is 1.94. The first-order valence-electron chi connectivity index (χ1n) is 3.84. The summed E-state index contributed by atoms with van der Waals surface area (Å²) >= 11 is 0. The Hall–Kier alpha value is -0.370. The summed E-state index contributed by atoms with van der Waals surface area (Å²) in [6, 6.07) is 0. The molecule has 10 heavy (non-hydrogen) atoms. The highest BCUT2D eigenvalue weighted by Gasteiger charge is 1.94. The maximum atomic E-state index is 9.88. The van der Waals surface area contributed by atoms with Crippen LogP contribution in [0, 0.1) is 0 Å². The zero-order chi connectivity index (χ0) is 7.82. The molecule has 0 heterocycles. The van der Waals surface area contributed by atoms with Gasteiger partial charge in [-0.15, -0.1) is 0 Å². The molecule has 0 aliphatic rings. The molecule has 0 aromatic carbocycles. The van der Waals surface area contributed by atoms with Crippen molar-refractivity contribution in [2.45, 2.75) is 26.2 Å². The van der Waals surface area contributed by atoms with Crippen LogP contribution >= 0.6 is 0 Å². The van der Waals surface area contributed by atoms with E-state index < -0.39 is 0 Å². The molecule has 0 bridgehead atoms. The third-order valence-electron chi connectivity index (χ3n) is 1.48. The molecule has 0 saturated heterocycles. The second-order valence-electron chi connectivity index (χ2n) is 2.59. The van der Waals surface area contributed by atoms with Crippen LogP contribution in [-0.2, 0) is 4.79 Å². The minimum absolute atomic E-state index is 0.448. The third kappa shape index (κ3) is 5.76. The molecular weight excluding hydrogens is 126 g/mol. The van der Waals surface area contributed by atoms with Gasteiger partial charge in [0.2, 0.25) is 6.29 Å². The van der Waals surface area contributed by atoms with Crippen LogP contribution < -0.4 is 0 Å². The monoisotopic (exact) mass is 142 g/mol. The average molecular weight is 142 g/mol. The van der Waals surface area contributed by atoms with E-state index >= 15 is 0 Å². The summed E-state index contributed by atoms with van der Waals surface area (Å²) in [5.74, 6) is 0. The number of hydrogen-bond acceptors (Lipinski definition) is 2. The van der Waals surface area contributed by atoms with Crippen LogP contribution in [0.4, 0.5) is 0 Å². The van der Waals surface area contributed by atoms with Gasteiger partial charge in [0.1, 0.15) is 0 Å². The van der Waals surface area contributed by atoms with Crippen LogP contribution in [0.1, 0.15) is 26.2 Å². The van der Waals surface area contributed by atoms with Gasteiger partial charge in [0, 0.05) is 0 Å². The van der Waals surface area contributed by atoms with E-state index in [9.17, 15) is 4.79 Å². The topological polar surface area (TPSA) is 20.3 Å². The summed E-state index contributed by atoms with van der Waals surface area (Å²) in [4.78, 5) is 11.9. The molecule has 0 atom stereocenters. The molecule has 0 aromatic heterocycles. The van der Waals surface area contributed by atoms with Crippen molar-refractivity contribution in [3.05, 3.63) is 0 Å². The van der Waals surface area contributed by atoms with Crippen molar-refractivity contribution < 1.29 is 4.79 Å². The fraction of sp³-hybridized carbons (Fsp3) is 0.875. The maximum Gasteiger partial charge on any atom is 0.213 e. The van der Waals surface area contributed by atoms with Gasteiger partial charge >= 0.3 is 0 Å². The minimum atomic E-state index is 0.448. The van der Waals surface area contributed by atoms with Crippen LogP contribution in [0.5, 0.6) is 0 Å². The molecule has 2 nitrogen and oxygen atoms in total. The summed E-state index contributed by atoms with van der Waals surface area (Å²) in [5, 5.41) is 0. The van der Waals surface area contributed by atoms with Gasteiger partial charge in [0.15, 0.2) is 0 Å². The zero-order valence-corrected chi connectivity index (χ0v) is 6.89. The Labute approximate surface area is 63.2 Å². The lowest BCUT2D eigenvalue weighted by Crippen LogP contribution is -2.21. The van der Waals surface area contributed by atoms with Crippen molar-refractivity contribution >= 4 is 6.29 Å². The van der Waals surface area contributed by atoms with Crippen molar-refractivity contribution in [1.82, 2.24) is 4.90 Å². The van der Waals surface area contributed by atoms with E-state index in [1.165, 1.54) is 19.3 Å². The standard InChI is InChI=1S/C8H16NO/c1-3-4-5-6-9(2)7-8-10/h3-7H2,1-2H3. The number of nitrogens with zero attached hydrogens (tertiary/aromatic N) is 1. The Morgan fingerprint density at radius 1 is 1.40 bits per heavy atom. The van der Waals surface area contributed by atoms with Gasteiger partial charge in [-0.2, -0.15) is 0 Å². The first kappa shape index (κ1) is 9.63. The highest BCUT2D eigenvalue weighted by Crippen LogP contribution is 1.94. The Kier molecular flexibility index (Phi) is 6.50. The van der Waals surface area contributed by atoms with Crippen molar-refractivity contribution in [2.75, 3.05) is 20.1 Å². The van der Waals surface area contributed by atoms with E-state index in [0.29, 0.717) is 6.54 Å². The van der Waals surface area contributed by atoms with Crippen molar-refractivity contribution in [3.63, 3.8) is 0 Å². The van der Waals surface area contributed by atoms with Crippen molar-refractivity contribution in [2.24, 2.45) is 0 Å². The van der Waals surface area contributed by atoms with E-state index in [1.807, 2.05) is 18.2 Å². The van der Waals surface area contributed by atoms with E-state index in [-0.39, 0.29) is 0 Å². The normalized spacial score (nSPS) is 10.3. The second kappa shape index (κ2) is 6.75. The van der Waals surface area contributed by atoms with Gasteiger partial charge in [-0.05, 0) is 20.0 Å². The van der Waals surface area contributed by atoms with Gasteiger partial charge in [-0.3, -0.25) is 9.69 Å². The van der Waals surface area contributed by atoms with Gasteiger partial charge in [0.05, 0.1) is 6.54 Å². The van der Waals surface area contributed by atoms with E-state index in [4.69, 9.17) is 0 Å². The Balaban J connectivity index is 3.04. The van der Waals surface area contributed by atoms with Crippen LogP contribution in [0.3, 0.4) is 0 Å². The number of likely N-dealkylation sites (N-methyl/N-ethyl adjacent to an activating group) is 1. The molecular formula is C8H16NO.